The maximum absolute atomic E-state index is 12.5. The van der Waals surface area contributed by atoms with Crippen LogP contribution in [0.4, 0.5) is 5.69 Å². The van der Waals surface area contributed by atoms with Crippen molar-refractivity contribution in [3.05, 3.63) is 23.8 Å². The summed E-state index contributed by atoms with van der Waals surface area (Å²) in [4.78, 5) is 0.344. The van der Waals surface area contributed by atoms with Crippen LogP contribution in [0, 0.1) is 12.8 Å². The number of hydrogen-bond acceptors (Lipinski definition) is 3. The summed E-state index contributed by atoms with van der Waals surface area (Å²) in [5.41, 5.74) is 6.96. The van der Waals surface area contributed by atoms with E-state index in [9.17, 15) is 8.42 Å². The maximum atomic E-state index is 12.5. The van der Waals surface area contributed by atoms with Gasteiger partial charge in [-0.2, -0.15) is 4.31 Å². The van der Waals surface area contributed by atoms with Crippen LogP contribution in [0.5, 0.6) is 0 Å². The summed E-state index contributed by atoms with van der Waals surface area (Å²) in [7, 11) is -3.39. The Morgan fingerprint density at radius 1 is 1.28 bits per heavy atom. The van der Waals surface area contributed by atoms with Crippen molar-refractivity contribution in [1.29, 1.82) is 0 Å². The van der Waals surface area contributed by atoms with E-state index in [2.05, 4.69) is 6.92 Å². The van der Waals surface area contributed by atoms with Crippen LogP contribution in [0.3, 0.4) is 0 Å². The zero-order valence-corrected chi connectivity index (χ0v) is 11.7. The molecule has 100 valence electrons. The minimum atomic E-state index is -3.39. The fourth-order valence-electron chi connectivity index (χ4n) is 2.28. The number of rotatable bonds is 2. The van der Waals surface area contributed by atoms with Crippen LogP contribution in [0.1, 0.15) is 25.3 Å². The van der Waals surface area contributed by atoms with Crippen molar-refractivity contribution in [3.8, 4) is 0 Å². The van der Waals surface area contributed by atoms with Gasteiger partial charge in [-0.15, -0.1) is 0 Å². The lowest BCUT2D eigenvalue weighted by atomic mass is 10.0. The van der Waals surface area contributed by atoms with E-state index in [0.717, 1.165) is 12.8 Å². The van der Waals surface area contributed by atoms with E-state index in [1.807, 2.05) is 0 Å². The van der Waals surface area contributed by atoms with Gasteiger partial charge in [-0.1, -0.05) is 13.0 Å². The number of nitrogens with zero attached hydrogens (tertiary/aromatic N) is 1. The van der Waals surface area contributed by atoms with Gasteiger partial charge < -0.3 is 5.73 Å². The SMILES string of the molecule is Cc1c(N)cccc1S(=O)(=O)N1CCC(C)CC1. The van der Waals surface area contributed by atoms with Crippen LogP contribution in [0.15, 0.2) is 23.1 Å². The van der Waals surface area contributed by atoms with E-state index in [4.69, 9.17) is 5.73 Å². The fourth-order valence-corrected chi connectivity index (χ4v) is 4.00. The Balaban J connectivity index is 2.34. The molecule has 0 spiro atoms. The Kier molecular flexibility index (Phi) is 3.64. The minimum absolute atomic E-state index is 0.344. The predicted molar refractivity (Wildman–Crippen MR) is 72.7 cm³/mol. The van der Waals surface area contributed by atoms with Gasteiger partial charge in [-0.05, 0) is 43.4 Å². The number of sulfonamides is 1. The van der Waals surface area contributed by atoms with Crippen LogP contribution in [0.2, 0.25) is 0 Å². The molecule has 0 aliphatic carbocycles. The molecule has 2 rings (SSSR count). The summed E-state index contributed by atoms with van der Waals surface area (Å²) in [6, 6.07) is 5.06. The van der Waals surface area contributed by atoms with Crippen LogP contribution >= 0.6 is 0 Å². The number of piperidine rings is 1. The first-order valence-corrected chi connectivity index (χ1v) is 7.72. The Morgan fingerprint density at radius 3 is 2.50 bits per heavy atom. The lowest BCUT2D eigenvalue weighted by Gasteiger charge is -2.30. The number of nitrogen functional groups attached to an aromatic ring is 1. The lowest BCUT2D eigenvalue weighted by Crippen LogP contribution is -2.38. The maximum Gasteiger partial charge on any atom is 0.243 e. The molecular formula is C13H20N2O2S. The fraction of sp³-hybridized carbons (Fsp3) is 0.538. The Labute approximate surface area is 109 Å². The highest BCUT2D eigenvalue weighted by Gasteiger charge is 2.29. The summed E-state index contributed by atoms with van der Waals surface area (Å²) >= 11 is 0. The smallest absolute Gasteiger partial charge is 0.243 e. The molecule has 2 N–H and O–H groups in total. The minimum Gasteiger partial charge on any atom is -0.398 e. The summed E-state index contributed by atoms with van der Waals surface area (Å²) in [5.74, 6) is 0.610. The van der Waals surface area contributed by atoms with E-state index < -0.39 is 10.0 Å². The zero-order valence-electron chi connectivity index (χ0n) is 10.9. The second-order valence-electron chi connectivity index (χ2n) is 5.06. The van der Waals surface area contributed by atoms with Crippen LogP contribution in [-0.4, -0.2) is 25.8 Å². The standard InChI is InChI=1S/C13H20N2O2S/c1-10-6-8-15(9-7-10)18(16,17)13-5-3-4-12(14)11(13)2/h3-5,10H,6-9,14H2,1-2H3. The van der Waals surface area contributed by atoms with Crippen LogP contribution < -0.4 is 5.73 Å². The lowest BCUT2D eigenvalue weighted by molar-refractivity contribution is 0.288. The van der Waals surface area contributed by atoms with E-state index in [0.29, 0.717) is 35.2 Å². The molecule has 1 saturated heterocycles. The third kappa shape index (κ3) is 2.37. The number of anilines is 1. The van der Waals surface area contributed by atoms with Crippen LogP contribution in [0.25, 0.3) is 0 Å². The van der Waals surface area contributed by atoms with Gasteiger partial charge in [0, 0.05) is 18.8 Å². The molecule has 4 nitrogen and oxygen atoms in total. The number of benzene rings is 1. The van der Waals surface area contributed by atoms with Gasteiger partial charge in [-0.25, -0.2) is 8.42 Å². The van der Waals surface area contributed by atoms with E-state index in [1.165, 1.54) is 0 Å². The average molecular weight is 268 g/mol. The topological polar surface area (TPSA) is 63.4 Å². The van der Waals surface area contributed by atoms with Gasteiger partial charge in [-0.3, -0.25) is 0 Å². The normalized spacial score (nSPS) is 19.0. The molecule has 0 unspecified atom stereocenters. The highest BCUT2D eigenvalue weighted by atomic mass is 32.2. The molecular weight excluding hydrogens is 248 g/mol. The molecule has 0 radical (unpaired) electrons. The van der Waals surface area contributed by atoms with Gasteiger partial charge in [0.1, 0.15) is 0 Å². The molecule has 0 aromatic heterocycles. The molecule has 0 atom stereocenters. The van der Waals surface area contributed by atoms with E-state index in [-0.39, 0.29) is 0 Å². The molecule has 1 heterocycles. The molecule has 0 amide bonds. The van der Waals surface area contributed by atoms with Crippen molar-refractivity contribution in [2.75, 3.05) is 18.8 Å². The van der Waals surface area contributed by atoms with E-state index >= 15 is 0 Å². The quantitative estimate of drug-likeness (QED) is 0.834. The van der Waals surface area contributed by atoms with Crippen molar-refractivity contribution >= 4 is 15.7 Å². The number of hydrogen-bond donors (Lipinski definition) is 1. The van der Waals surface area contributed by atoms with Gasteiger partial charge in [0.15, 0.2) is 0 Å². The number of nitrogens with two attached hydrogens (primary N) is 1. The van der Waals surface area contributed by atoms with Crippen LogP contribution in [-0.2, 0) is 10.0 Å². The summed E-state index contributed by atoms with van der Waals surface area (Å²) in [6.07, 6.45) is 1.86. The Hall–Kier alpha value is -1.07. The van der Waals surface area contributed by atoms with Crippen molar-refractivity contribution < 1.29 is 8.42 Å². The summed E-state index contributed by atoms with van der Waals surface area (Å²) in [6.45, 7) is 5.14. The monoisotopic (exact) mass is 268 g/mol. The average Bonchev–Trinajstić information content (AvgIpc) is 2.33. The molecule has 1 fully saturated rings. The molecule has 5 heteroatoms. The molecule has 18 heavy (non-hydrogen) atoms. The first kappa shape index (κ1) is 13.4. The Bertz CT molecular complexity index is 532. The van der Waals surface area contributed by atoms with Crippen molar-refractivity contribution in [2.45, 2.75) is 31.6 Å². The summed E-state index contributed by atoms with van der Waals surface area (Å²) in [5, 5.41) is 0. The van der Waals surface area contributed by atoms with Crippen molar-refractivity contribution in [1.82, 2.24) is 4.31 Å². The highest BCUT2D eigenvalue weighted by Crippen LogP contribution is 2.27. The zero-order chi connectivity index (χ0) is 13.3. The first-order chi connectivity index (χ1) is 8.43. The molecule has 0 saturated carbocycles. The first-order valence-electron chi connectivity index (χ1n) is 6.28. The molecule has 1 aromatic carbocycles. The second kappa shape index (κ2) is 4.90. The summed E-state index contributed by atoms with van der Waals surface area (Å²) < 4.78 is 26.7. The largest absolute Gasteiger partial charge is 0.398 e. The third-order valence-electron chi connectivity index (χ3n) is 3.69. The van der Waals surface area contributed by atoms with Gasteiger partial charge in [0.25, 0.3) is 0 Å². The molecule has 1 aromatic rings. The molecule has 1 aliphatic heterocycles. The highest BCUT2D eigenvalue weighted by molar-refractivity contribution is 7.89. The third-order valence-corrected chi connectivity index (χ3v) is 5.73. The van der Waals surface area contributed by atoms with Gasteiger partial charge in [0.2, 0.25) is 10.0 Å². The van der Waals surface area contributed by atoms with Gasteiger partial charge >= 0.3 is 0 Å². The molecule has 0 bridgehead atoms. The second-order valence-corrected chi connectivity index (χ2v) is 6.96. The predicted octanol–water partition coefficient (Wildman–Crippen LogP) is 2.00. The van der Waals surface area contributed by atoms with Crippen molar-refractivity contribution in [3.63, 3.8) is 0 Å². The van der Waals surface area contributed by atoms with Crippen molar-refractivity contribution in [2.24, 2.45) is 5.92 Å². The Morgan fingerprint density at radius 2 is 1.89 bits per heavy atom. The van der Waals surface area contributed by atoms with Gasteiger partial charge in [0.05, 0.1) is 4.90 Å². The molecule has 1 aliphatic rings. The van der Waals surface area contributed by atoms with E-state index in [1.54, 1.807) is 29.4 Å².